The number of benzene rings is 2. The Bertz CT molecular complexity index is 968. The number of halogens is 1. The number of thioether (sulfide) groups is 1. The highest BCUT2D eigenvalue weighted by atomic mass is 32.2. The summed E-state index contributed by atoms with van der Waals surface area (Å²) in [5.41, 5.74) is 1.37. The van der Waals surface area contributed by atoms with Crippen LogP contribution in [0.5, 0.6) is 0 Å². The molecule has 6 nitrogen and oxygen atoms in total. The molecule has 124 valence electrons. The molecule has 0 radical (unpaired) electrons. The maximum absolute atomic E-state index is 13.2. The first kappa shape index (κ1) is 16.6. The van der Waals surface area contributed by atoms with Gasteiger partial charge in [-0.05, 0) is 54.8 Å². The van der Waals surface area contributed by atoms with Gasteiger partial charge in [0.15, 0.2) is 11.0 Å². The summed E-state index contributed by atoms with van der Waals surface area (Å²) in [5.74, 6) is 0.184. The summed E-state index contributed by atoms with van der Waals surface area (Å²) in [5, 5.41) is 14.0. The van der Waals surface area contributed by atoms with Gasteiger partial charge < -0.3 is 0 Å². The Balaban J connectivity index is 2.12. The number of nitrogens with zero attached hydrogens (tertiary/aromatic N) is 3. The molecule has 0 amide bonds. The molecule has 0 aliphatic heterocycles. The van der Waals surface area contributed by atoms with Crippen LogP contribution >= 0.6 is 11.8 Å². The van der Waals surface area contributed by atoms with Crippen molar-refractivity contribution in [1.29, 1.82) is 0 Å². The van der Waals surface area contributed by atoms with E-state index in [-0.39, 0.29) is 10.7 Å². The van der Waals surface area contributed by atoms with Crippen molar-refractivity contribution in [3.05, 3.63) is 54.3 Å². The van der Waals surface area contributed by atoms with E-state index in [0.29, 0.717) is 22.2 Å². The van der Waals surface area contributed by atoms with Gasteiger partial charge in [-0.3, -0.25) is 4.57 Å². The smallest absolute Gasteiger partial charge is 0.238 e. The van der Waals surface area contributed by atoms with Gasteiger partial charge in [0.2, 0.25) is 10.0 Å². The van der Waals surface area contributed by atoms with Gasteiger partial charge in [-0.15, -0.1) is 10.2 Å². The van der Waals surface area contributed by atoms with Gasteiger partial charge in [0, 0.05) is 11.3 Å². The van der Waals surface area contributed by atoms with Crippen LogP contribution in [0.2, 0.25) is 0 Å². The molecule has 2 N–H and O–H groups in total. The zero-order valence-corrected chi connectivity index (χ0v) is 14.2. The Labute approximate surface area is 142 Å². The van der Waals surface area contributed by atoms with Crippen molar-refractivity contribution in [2.75, 3.05) is 6.26 Å². The number of aromatic nitrogens is 3. The quantitative estimate of drug-likeness (QED) is 0.718. The maximum Gasteiger partial charge on any atom is 0.238 e. The molecule has 24 heavy (non-hydrogen) atoms. The van der Waals surface area contributed by atoms with Crippen LogP contribution in [0.1, 0.15) is 0 Å². The second kappa shape index (κ2) is 6.34. The Morgan fingerprint density at radius 3 is 2.21 bits per heavy atom. The molecule has 0 fully saturated rings. The molecular formula is C15H13FN4O2S2. The lowest BCUT2D eigenvalue weighted by Gasteiger charge is -2.09. The number of hydrogen-bond donors (Lipinski definition) is 1. The summed E-state index contributed by atoms with van der Waals surface area (Å²) < 4.78 is 37.7. The zero-order valence-electron chi connectivity index (χ0n) is 12.5. The molecule has 0 unspecified atom stereocenters. The highest BCUT2D eigenvalue weighted by molar-refractivity contribution is 7.98. The lowest BCUT2D eigenvalue weighted by atomic mass is 10.2. The first-order valence-corrected chi connectivity index (χ1v) is 9.56. The van der Waals surface area contributed by atoms with Gasteiger partial charge in [0.1, 0.15) is 5.82 Å². The zero-order chi connectivity index (χ0) is 17.3. The summed E-state index contributed by atoms with van der Waals surface area (Å²) in [4.78, 5) is 0.0178. The summed E-state index contributed by atoms with van der Waals surface area (Å²) >= 11 is 1.40. The van der Waals surface area contributed by atoms with Crippen LogP contribution in [0.4, 0.5) is 4.39 Å². The normalized spacial score (nSPS) is 11.6. The molecule has 0 saturated heterocycles. The number of primary sulfonamides is 1. The predicted octanol–water partition coefficient (Wildman–Crippen LogP) is 2.44. The van der Waals surface area contributed by atoms with Gasteiger partial charge in [0.05, 0.1) is 4.90 Å². The molecule has 2 aromatic carbocycles. The average Bonchev–Trinajstić information content (AvgIpc) is 2.99. The third-order valence-corrected chi connectivity index (χ3v) is 4.90. The second-order valence-electron chi connectivity index (χ2n) is 4.89. The van der Waals surface area contributed by atoms with Crippen molar-refractivity contribution in [3.63, 3.8) is 0 Å². The van der Waals surface area contributed by atoms with Crippen LogP contribution in [0.25, 0.3) is 17.1 Å². The summed E-state index contributed by atoms with van der Waals surface area (Å²) in [6.07, 6.45) is 1.86. The second-order valence-corrected chi connectivity index (χ2v) is 7.23. The van der Waals surface area contributed by atoms with Crippen LogP contribution < -0.4 is 5.14 Å². The molecule has 0 atom stereocenters. The van der Waals surface area contributed by atoms with Crippen molar-refractivity contribution < 1.29 is 12.8 Å². The molecule has 0 bridgehead atoms. The molecular weight excluding hydrogens is 351 g/mol. The van der Waals surface area contributed by atoms with Gasteiger partial charge in [0.25, 0.3) is 0 Å². The third kappa shape index (κ3) is 3.18. The molecule has 0 aliphatic rings. The Hall–Kier alpha value is -2.23. The minimum Gasteiger partial charge on any atom is -0.270 e. The molecule has 9 heteroatoms. The fraction of sp³-hybridized carbons (Fsp3) is 0.0667. The van der Waals surface area contributed by atoms with Crippen LogP contribution in [0.3, 0.4) is 0 Å². The Morgan fingerprint density at radius 2 is 1.67 bits per heavy atom. The van der Waals surface area contributed by atoms with Gasteiger partial charge in [-0.25, -0.2) is 17.9 Å². The number of hydrogen-bond acceptors (Lipinski definition) is 5. The summed E-state index contributed by atoms with van der Waals surface area (Å²) in [6.45, 7) is 0. The van der Waals surface area contributed by atoms with Crippen molar-refractivity contribution >= 4 is 21.8 Å². The van der Waals surface area contributed by atoms with Gasteiger partial charge >= 0.3 is 0 Å². The number of rotatable bonds is 4. The predicted molar refractivity (Wildman–Crippen MR) is 89.9 cm³/mol. The summed E-state index contributed by atoms with van der Waals surface area (Å²) in [6, 6.07) is 12.0. The monoisotopic (exact) mass is 364 g/mol. The molecule has 3 aromatic rings. The number of sulfonamides is 1. The molecule has 0 aliphatic carbocycles. The maximum atomic E-state index is 13.2. The molecule has 3 rings (SSSR count). The van der Waals surface area contributed by atoms with Crippen LogP contribution in [0, 0.1) is 5.82 Å². The van der Waals surface area contributed by atoms with Gasteiger partial charge in [-0.1, -0.05) is 11.8 Å². The van der Waals surface area contributed by atoms with Crippen LogP contribution in [-0.2, 0) is 10.0 Å². The van der Waals surface area contributed by atoms with Crippen molar-refractivity contribution in [2.45, 2.75) is 10.1 Å². The fourth-order valence-corrected chi connectivity index (χ4v) is 3.22. The van der Waals surface area contributed by atoms with Gasteiger partial charge in [-0.2, -0.15) is 0 Å². The van der Waals surface area contributed by atoms with E-state index in [4.69, 9.17) is 5.14 Å². The first-order chi connectivity index (χ1) is 11.4. The molecule has 0 saturated carbocycles. The van der Waals surface area contributed by atoms with E-state index in [1.54, 1.807) is 28.8 Å². The number of nitrogens with two attached hydrogens (primary N) is 1. The lowest BCUT2D eigenvalue weighted by molar-refractivity contribution is 0.598. The van der Waals surface area contributed by atoms with Crippen molar-refractivity contribution in [1.82, 2.24) is 14.8 Å². The summed E-state index contributed by atoms with van der Waals surface area (Å²) in [7, 11) is -3.76. The minimum absolute atomic E-state index is 0.0178. The first-order valence-electron chi connectivity index (χ1n) is 6.79. The van der Waals surface area contributed by atoms with E-state index in [2.05, 4.69) is 10.2 Å². The molecule has 0 spiro atoms. The third-order valence-electron chi connectivity index (χ3n) is 3.34. The van der Waals surface area contributed by atoms with E-state index in [0.717, 1.165) is 0 Å². The van der Waals surface area contributed by atoms with Crippen molar-refractivity contribution in [3.8, 4) is 17.1 Å². The molecule has 1 heterocycles. The standard InChI is InChI=1S/C15H13FN4O2S2/c1-23-15-19-18-14(20(15)12-6-4-11(16)5-7-12)10-2-8-13(9-3-10)24(17,21)22/h2-9H,1H3,(H2,17,21,22). The molecule has 1 aromatic heterocycles. The van der Waals surface area contributed by atoms with E-state index in [1.165, 1.54) is 36.0 Å². The highest BCUT2D eigenvalue weighted by Crippen LogP contribution is 2.27. The average molecular weight is 364 g/mol. The van der Waals surface area contributed by atoms with E-state index < -0.39 is 10.0 Å². The lowest BCUT2D eigenvalue weighted by Crippen LogP contribution is -2.11. The van der Waals surface area contributed by atoms with Crippen molar-refractivity contribution in [2.24, 2.45) is 5.14 Å². The topological polar surface area (TPSA) is 90.9 Å². The van der Waals surface area contributed by atoms with Crippen LogP contribution in [0.15, 0.2) is 58.6 Å². The van der Waals surface area contributed by atoms with Crippen LogP contribution in [-0.4, -0.2) is 29.4 Å². The van der Waals surface area contributed by atoms with E-state index in [9.17, 15) is 12.8 Å². The largest absolute Gasteiger partial charge is 0.270 e. The van der Waals surface area contributed by atoms with E-state index in [1.807, 2.05) is 6.26 Å². The Kier molecular flexibility index (Phi) is 4.39. The Morgan fingerprint density at radius 1 is 1.04 bits per heavy atom. The highest BCUT2D eigenvalue weighted by Gasteiger charge is 2.16. The van der Waals surface area contributed by atoms with E-state index >= 15 is 0 Å². The minimum atomic E-state index is -3.76. The SMILES string of the molecule is CSc1nnc(-c2ccc(S(N)(=O)=O)cc2)n1-c1ccc(F)cc1. The fourth-order valence-electron chi connectivity index (χ4n) is 2.21.